The Morgan fingerprint density at radius 2 is 1.93 bits per heavy atom. The standard InChI is InChI=1S/C22H24FN3O/c1-15-11-17(7-9-19(15)23)18-8-10-21-25-20(14-26(21)13-18)22(27)24-12-16-5-3-2-4-6-16/h7-11,13-14,16H,2-6,12H2,1H3,(H,24,27). The van der Waals surface area contributed by atoms with Crippen molar-refractivity contribution in [3.05, 3.63) is 59.8 Å². The van der Waals surface area contributed by atoms with Crippen LogP contribution in [0.5, 0.6) is 0 Å². The third-order valence-corrected chi connectivity index (χ3v) is 5.45. The van der Waals surface area contributed by atoms with Gasteiger partial charge in [-0.1, -0.05) is 25.3 Å². The molecule has 0 aliphatic heterocycles. The molecule has 1 aliphatic carbocycles. The molecule has 0 saturated heterocycles. The number of aromatic nitrogens is 2. The van der Waals surface area contributed by atoms with Gasteiger partial charge in [0.1, 0.15) is 17.2 Å². The number of carbonyl (C=O) groups excluding carboxylic acids is 1. The van der Waals surface area contributed by atoms with Crippen molar-refractivity contribution in [3.63, 3.8) is 0 Å². The predicted octanol–water partition coefficient (Wildman–Crippen LogP) is 4.76. The Balaban J connectivity index is 1.51. The Kier molecular flexibility index (Phi) is 4.92. The van der Waals surface area contributed by atoms with E-state index in [1.165, 1.54) is 38.2 Å². The maximum absolute atomic E-state index is 13.5. The highest BCUT2D eigenvalue weighted by Gasteiger charge is 2.16. The molecule has 2 aromatic heterocycles. The molecule has 1 N–H and O–H groups in total. The molecule has 4 rings (SSSR count). The summed E-state index contributed by atoms with van der Waals surface area (Å²) in [6.07, 6.45) is 9.92. The predicted molar refractivity (Wildman–Crippen MR) is 104 cm³/mol. The highest BCUT2D eigenvalue weighted by molar-refractivity contribution is 5.92. The van der Waals surface area contributed by atoms with Crippen molar-refractivity contribution >= 4 is 11.6 Å². The average molecular weight is 365 g/mol. The van der Waals surface area contributed by atoms with Gasteiger partial charge in [0.2, 0.25) is 0 Å². The lowest BCUT2D eigenvalue weighted by Gasteiger charge is -2.21. The number of aryl methyl sites for hydroxylation is 1. The van der Waals surface area contributed by atoms with Gasteiger partial charge in [-0.25, -0.2) is 9.37 Å². The lowest BCUT2D eigenvalue weighted by Crippen LogP contribution is -2.30. The zero-order chi connectivity index (χ0) is 18.8. The monoisotopic (exact) mass is 365 g/mol. The van der Waals surface area contributed by atoms with E-state index in [0.717, 1.165) is 23.3 Å². The Hall–Kier alpha value is -2.69. The Morgan fingerprint density at radius 1 is 1.15 bits per heavy atom. The quantitative estimate of drug-likeness (QED) is 0.725. The molecule has 0 unspecified atom stereocenters. The zero-order valence-electron chi connectivity index (χ0n) is 15.5. The normalized spacial score (nSPS) is 15.2. The van der Waals surface area contributed by atoms with E-state index < -0.39 is 0 Å². The van der Waals surface area contributed by atoms with Crippen molar-refractivity contribution in [2.75, 3.05) is 6.54 Å². The summed E-state index contributed by atoms with van der Waals surface area (Å²) in [6.45, 7) is 2.48. The van der Waals surface area contributed by atoms with Crippen LogP contribution in [-0.4, -0.2) is 21.8 Å². The minimum absolute atomic E-state index is 0.122. The molecule has 4 nitrogen and oxygen atoms in total. The first-order valence-electron chi connectivity index (χ1n) is 9.63. The van der Waals surface area contributed by atoms with E-state index in [-0.39, 0.29) is 11.7 Å². The van der Waals surface area contributed by atoms with Crippen LogP contribution < -0.4 is 5.32 Å². The van der Waals surface area contributed by atoms with Gasteiger partial charge in [0.15, 0.2) is 0 Å². The number of halogens is 1. The number of fused-ring (bicyclic) bond motifs is 1. The molecule has 140 valence electrons. The van der Waals surface area contributed by atoms with Crippen molar-refractivity contribution in [2.24, 2.45) is 5.92 Å². The minimum atomic E-state index is -0.209. The lowest BCUT2D eigenvalue weighted by atomic mass is 9.89. The molecule has 27 heavy (non-hydrogen) atoms. The highest BCUT2D eigenvalue weighted by atomic mass is 19.1. The summed E-state index contributed by atoms with van der Waals surface area (Å²) >= 11 is 0. The minimum Gasteiger partial charge on any atom is -0.350 e. The van der Waals surface area contributed by atoms with Gasteiger partial charge in [0, 0.05) is 18.9 Å². The molecule has 1 aliphatic rings. The number of benzene rings is 1. The Morgan fingerprint density at radius 3 is 2.70 bits per heavy atom. The summed E-state index contributed by atoms with van der Waals surface area (Å²) in [6, 6.07) is 8.89. The molecule has 1 amide bonds. The number of pyridine rings is 1. The topological polar surface area (TPSA) is 46.4 Å². The first kappa shape index (κ1) is 17.7. The van der Waals surface area contributed by atoms with E-state index in [9.17, 15) is 9.18 Å². The number of amides is 1. The maximum Gasteiger partial charge on any atom is 0.271 e. The summed E-state index contributed by atoms with van der Waals surface area (Å²) in [7, 11) is 0. The van der Waals surface area contributed by atoms with E-state index in [2.05, 4.69) is 10.3 Å². The molecular weight excluding hydrogens is 341 g/mol. The Labute approximate surface area is 158 Å². The highest BCUT2D eigenvalue weighted by Crippen LogP contribution is 2.24. The second kappa shape index (κ2) is 7.51. The fourth-order valence-electron chi connectivity index (χ4n) is 3.82. The summed E-state index contributed by atoms with van der Waals surface area (Å²) in [5.74, 6) is 0.260. The van der Waals surface area contributed by atoms with E-state index in [0.29, 0.717) is 17.2 Å². The second-order valence-electron chi connectivity index (χ2n) is 7.49. The fourth-order valence-corrected chi connectivity index (χ4v) is 3.82. The lowest BCUT2D eigenvalue weighted by molar-refractivity contribution is 0.0939. The van der Waals surface area contributed by atoms with Crippen LogP contribution in [0.15, 0.2) is 42.7 Å². The zero-order valence-corrected chi connectivity index (χ0v) is 15.5. The van der Waals surface area contributed by atoms with Crippen molar-refractivity contribution in [1.29, 1.82) is 0 Å². The van der Waals surface area contributed by atoms with Crippen LogP contribution in [0, 0.1) is 18.7 Å². The molecule has 0 atom stereocenters. The van der Waals surface area contributed by atoms with Gasteiger partial charge in [-0.2, -0.15) is 0 Å². The van der Waals surface area contributed by atoms with E-state index >= 15 is 0 Å². The van der Waals surface area contributed by atoms with Crippen LogP contribution in [0.4, 0.5) is 4.39 Å². The van der Waals surface area contributed by atoms with Gasteiger partial charge in [0.05, 0.1) is 0 Å². The summed E-state index contributed by atoms with van der Waals surface area (Å²) < 4.78 is 15.4. The average Bonchev–Trinajstić information content (AvgIpc) is 3.12. The third kappa shape index (κ3) is 3.87. The summed E-state index contributed by atoms with van der Waals surface area (Å²) in [5.41, 5.74) is 3.66. The Bertz CT molecular complexity index is 973. The molecule has 5 heteroatoms. The third-order valence-electron chi connectivity index (χ3n) is 5.45. The SMILES string of the molecule is Cc1cc(-c2ccc3nc(C(=O)NCC4CCCCC4)cn3c2)ccc1F. The number of hydrogen-bond donors (Lipinski definition) is 1. The molecule has 1 aromatic carbocycles. The van der Waals surface area contributed by atoms with E-state index in [1.54, 1.807) is 19.2 Å². The van der Waals surface area contributed by atoms with Crippen LogP contribution in [0.2, 0.25) is 0 Å². The number of nitrogens with zero attached hydrogens (tertiary/aromatic N) is 2. The van der Waals surface area contributed by atoms with Crippen LogP contribution in [0.25, 0.3) is 16.8 Å². The molecule has 2 heterocycles. The summed E-state index contributed by atoms with van der Waals surface area (Å²) in [4.78, 5) is 16.9. The van der Waals surface area contributed by atoms with Gasteiger partial charge >= 0.3 is 0 Å². The fraction of sp³-hybridized carbons (Fsp3) is 0.364. The van der Waals surface area contributed by atoms with Gasteiger partial charge in [-0.15, -0.1) is 0 Å². The summed E-state index contributed by atoms with van der Waals surface area (Å²) in [5, 5.41) is 3.03. The molecule has 1 saturated carbocycles. The number of carbonyl (C=O) groups is 1. The van der Waals surface area contributed by atoms with E-state index in [1.807, 2.05) is 28.8 Å². The first-order chi connectivity index (χ1) is 13.1. The van der Waals surface area contributed by atoms with Crippen LogP contribution in [-0.2, 0) is 0 Å². The number of hydrogen-bond acceptors (Lipinski definition) is 2. The number of nitrogens with one attached hydrogen (secondary N) is 1. The van der Waals surface area contributed by atoms with Gasteiger partial charge in [0.25, 0.3) is 5.91 Å². The van der Waals surface area contributed by atoms with Gasteiger partial charge in [-0.05, 0) is 66.6 Å². The molecule has 1 fully saturated rings. The maximum atomic E-state index is 13.5. The molecule has 0 bridgehead atoms. The van der Waals surface area contributed by atoms with Crippen LogP contribution in [0.3, 0.4) is 0 Å². The van der Waals surface area contributed by atoms with Crippen molar-refractivity contribution < 1.29 is 9.18 Å². The van der Waals surface area contributed by atoms with Crippen molar-refractivity contribution in [1.82, 2.24) is 14.7 Å². The molecule has 3 aromatic rings. The second-order valence-corrected chi connectivity index (χ2v) is 7.49. The van der Waals surface area contributed by atoms with Crippen molar-refractivity contribution in [2.45, 2.75) is 39.0 Å². The largest absolute Gasteiger partial charge is 0.350 e. The van der Waals surface area contributed by atoms with Crippen molar-refractivity contribution in [3.8, 4) is 11.1 Å². The van der Waals surface area contributed by atoms with Gasteiger partial charge < -0.3 is 9.72 Å². The molecular formula is C22H24FN3O. The van der Waals surface area contributed by atoms with E-state index in [4.69, 9.17) is 0 Å². The van der Waals surface area contributed by atoms with Crippen LogP contribution >= 0.6 is 0 Å². The molecule has 0 spiro atoms. The number of rotatable bonds is 4. The molecule has 0 radical (unpaired) electrons. The smallest absolute Gasteiger partial charge is 0.271 e. The van der Waals surface area contributed by atoms with Crippen LogP contribution in [0.1, 0.15) is 48.2 Å². The van der Waals surface area contributed by atoms with Gasteiger partial charge in [-0.3, -0.25) is 4.79 Å². The number of imidazole rings is 1. The first-order valence-corrected chi connectivity index (χ1v) is 9.63.